The van der Waals surface area contributed by atoms with Gasteiger partial charge < -0.3 is 8.94 Å². The van der Waals surface area contributed by atoms with Crippen molar-refractivity contribution in [1.82, 2.24) is 25.4 Å². The van der Waals surface area contributed by atoms with Crippen LogP contribution in [0.3, 0.4) is 0 Å². The molecule has 3 aromatic rings. The minimum atomic E-state index is 0.465. The third-order valence-corrected chi connectivity index (χ3v) is 2.68. The maximum atomic E-state index is 5.21. The van der Waals surface area contributed by atoms with Crippen molar-refractivity contribution in [3.63, 3.8) is 0 Å². The van der Waals surface area contributed by atoms with Crippen molar-refractivity contribution < 1.29 is 8.94 Å². The molecule has 0 amide bonds. The molecule has 0 radical (unpaired) electrons. The van der Waals surface area contributed by atoms with Crippen LogP contribution in [0, 0.1) is 13.8 Å². The minimum Gasteiger partial charge on any atom is -0.461 e. The van der Waals surface area contributed by atoms with E-state index < -0.39 is 0 Å². The van der Waals surface area contributed by atoms with Crippen LogP contribution in [0.4, 0.5) is 0 Å². The van der Waals surface area contributed by atoms with Crippen molar-refractivity contribution >= 4 is 0 Å². The van der Waals surface area contributed by atoms with Gasteiger partial charge in [0.15, 0.2) is 5.76 Å². The Morgan fingerprint density at radius 1 is 1.33 bits per heavy atom. The Hall–Kier alpha value is -2.44. The van der Waals surface area contributed by atoms with E-state index in [1.807, 2.05) is 13.8 Å². The smallest absolute Gasteiger partial charge is 0.240 e. The number of hydrogen-bond acceptors (Lipinski definition) is 6. The Bertz CT molecular complexity index is 633. The fourth-order valence-corrected chi connectivity index (χ4v) is 1.68. The SMILES string of the molecule is Cc1noc(C)c1Cn1nnc(-c2ccco2)n1. The van der Waals surface area contributed by atoms with Crippen molar-refractivity contribution in [1.29, 1.82) is 0 Å². The van der Waals surface area contributed by atoms with Crippen LogP contribution in [-0.4, -0.2) is 25.4 Å². The predicted octanol–water partition coefficient (Wildman–Crippen LogP) is 1.59. The fraction of sp³-hybridized carbons (Fsp3) is 0.273. The summed E-state index contributed by atoms with van der Waals surface area (Å²) in [6.07, 6.45) is 1.57. The summed E-state index contributed by atoms with van der Waals surface area (Å²) >= 11 is 0. The lowest BCUT2D eigenvalue weighted by Gasteiger charge is -1.96. The van der Waals surface area contributed by atoms with Gasteiger partial charge in [0.05, 0.1) is 18.5 Å². The van der Waals surface area contributed by atoms with Crippen LogP contribution >= 0.6 is 0 Å². The molecule has 0 saturated heterocycles. The van der Waals surface area contributed by atoms with E-state index >= 15 is 0 Å². The molecule has 0 aliphatic heterocycles. The summed E-state index contributed by atoms with van der Waals surface area (Å²) in [6, 6.07) is 3.57. The van der Waals surface area contributed by atoms with Gasteiger partial charge in [-0.1, -0.05) is 5.16 Å². The molecule has 0 atom stereocenters. The Morgan fingerprint density at radius 2 is 2.22 bits per heavy atom. The largest absolute Gasteiger partial charge is 0.461 e. The molecule has 92 valence electrons. The van der Waals surface area contributed by atoms with E-state index in [1.54, 1.807) is 18.4 Å². The normalized spacial score (nSPS) is 11.0. The Kier molecular flexibility index (Phi) is 2.44. The van der Waals surface area contributed by atoms with E-state index in [2.05, 4.69) is 20.6 Å². The van der Waals surface area contributed by atoms with E-state index in [9.17, 15) is 0 Å². The number of nitrogens with zero attached hydrogens (tertiary/aromatic N) is 5. The monoisotopic (exact) mass is 245 g/mol. The third-order valence-electron chi connectivity index (χ3n) is 2.68. The molecule has 0 spiro atoms. The maximum absolute atomic E-state index is 5.21. The highest BCUT2D eigenvalue weighted by molar-refractivity contribution is 5.43. The Labute approximate surface area is 102 Å². The Morgan fingerprint density at radius 3 is 2.89 bits per heavy atom. The lowest BCUT2D eigenvalue weighted by molar-refractivity contribution is 0.391. The van der Waals surface area contributed by atoms with Crippen LogP contribution in [0.2, 0.25) is 0 Å². The number of hydrogen-bond donors (Lipinski definition) is 0. The predicted molar refractivity (Wildman–Crippen MR) is 60.6 cm³/mol. The van der Waals surface area contributed by atoms with Crippen LogP contribution in [0.15, 0.2) is 27.3 Å². The summed E-state index contributed by atoms with van der Waals surface area (Å²) in [6.45, 7) is 4.23. The van der Waals surface area contributed by atoms with Crippen molar-refractivity contribution in [2.24, 2.45) is 0 Å². The van der Waals surface area contributed by atoms with E-state index in [0.717, 1.165) is 17.0 Å². The first-order chi connectivity index (χ1) is 8.74. The molecule has 3 aromatic heterocycles. The maximum Gasteiger partial charge on any atom is 0.240 e. The van der Waals surface area contributed by atoms with E-state index in [1.165, 1.54) is 4.80 Å². The van der Waals surface area contributed by atoms with Crippen molar-refractivity contribution in [2.45, 2.75) is 20.4 Å². The van der Waals surface area contributed by atoms with Crippen molar-refractivity contribution in [3.05, 3.63) is 35.4 Å². The average molecular weight is 245 g/mol. The second kappa shape index (κ2) is 4.10. The zero-order valence-electron chi connectivity index (χ0n) is 9.99. The van der Waals surface area contributed by atoms with E-state index in [0.29, 0.717) is 18.1 Å². The molecular weight excluding hydrogens is 234 g/mol. The Balaban J connectivity index is 1.87. The summed E-state index contributed by atoms with van der Waals surface area (Å²) < 4.78 is 10.3. The first kappa shape index (κ1) is 10.7. The molecule has 3 rings (SSSR count). The molecule has 18 heavy (non-hydrogen) atoms. The van der Waals surface area contributed by atoms with Crippen LogP contribution in [0.25, 0.3) is 11.6 Å². The zero-order valence-corrected chi connectivity index (χ0v) is 9.99. The molecule has 0 bridgehead atoms. The van der Waals surface area contributed by atoms with E-state index in [4.69, 9.17) is 8.94 Å². The van der Waals surface area contributed by atoms with Crippen LogP contribution in [0.5, 0.6) is 0 Å². The summed E-state index contributed by atoms with van der Waals surface area (Å²) in [5, 5.41) is 16.0. The third kappa shape index (κ3) is 1.79. The standard InChI is InChI=1S/C11H11N5O2/c1-7-9(8(2)18-14-7)6-16-13-11(12-15-16)10-4-3-5-17-10/h3-5H,6H2,1-2H3. The summed E-state index contributed by atoms with van der Waals surface area (Å²) in [4.78, 5) is 1.49. The molecule has 7 nitrogen and oxygen atoms in total. The fourth-order valence-electron chi connectivity index (χ4n) is 1.68. The van der Waals surface area contributed by atoms with Gasteiger partial charge in [0.25, 0.3) is 0 Å². The molecule has 0 aliphatic rings. The van der Waals surface area contributed by atoms with Gasteiger partial charge in [-0.25, -0.2) is 0 Å². The second-order valence-electron chi connectivity index (χ2n) is 3.92. The zero-order chi connectivity index (χ0) is 12.5. The number of tetrazole rings is 1. The molecule has 0 unspecified atom stereocenters. The molecule has 0 saturated carbocycles. The van der Waals surface area contributed by atoms with Gasteiger partial charge >= 0.3 is 0 Å². The number of aryl methyl sites for hydroxylation is 2. The molecule has 0 aliphatic carbocycles. The first-order valence-corrected chi connectivity index (χ1v) is 5.47. The van der Waals surface area contributed by atoms with Crippen LogP contribution in [0.1, 0.15) is 17.0 Å². The van der Waals surface area contributed by atoms with Gasteiger partial charge in [-0.3, -0.25) is 0 Å². The highest BCUT2D eigenvalue weighted by Gasteiger charge is 2.13. The second-order valence-corrected chi connectivity index (χ2v) is 3.92. The van der Waals surface area contributed by atoms with Gasteiger partial charge in [-0.05, 0) is 31.2 Å². The topological polar surface area (TPSA) is 82.8 Å². The summed E-state index contributed by atoms with van der Waals surface area (Å²) in [5.41, 5.74) is 1.81. The van der Waals surface area contributed by atoms with Gasteiger partial charge in [0.2, 0.25) is 5.82 Å². The van der Waals surface area contributed by atoms with Gasteiger partial charge in [-0.15, -0.1) is 10.2 Å². The van der Waals surface area contributed by atoms with Gasteiger partial charge in [0, 0.05) is 5.56 Å². The highest BCUT2D eigenvalue weighted by atomic mass is 16.5. The quantitative estimate of drug-likeness (QED) is 0.696. The lowest BCUT2D eigenvalue weighted by atomic mass is 10.2. The molecular formula is C11H11N5O2. The molecule has 0 fully saturated rings. The number of furan rings is 1. The first-order valence-electron chi connectivity index (χ1n) is 5.47. The summed E-state index contributed by atoms with van der Waals surface area (Å²) in [7, 11) is 0. The molecule has 3 heterocycles. The number of rotatable bonds is 3. The van der Waals surface area contributed by atoms with Crippen molar-refractivity contribution in [3.8, 4) is 11.6 Å². The molecule has 0 aromatic carbocycles. The minimum absolute atomic E-state index is 0.465. The lowest BCUT2D eigenvalue weighted by Crippen LogP contribution is -2.05. The van der Waals surface area contributed by atoms with Crippen LogP contribution < -0.4 is 0 Å². The van der Waals surface area contributed by atoms with E-state index in [-0.39, 0.29) is 0 Å². The van der Waals surface area contributed by atoms with Gasteiger partial charge in [0.1, 0.15) is 5.76 Å². The van der Waals surface area contributed by atoms with Crippen LogP contribution in [-0.2, 0) is 6.54 Å². The van der Waals surface area contributed by atoms with Gasteiger partial charge in [-0.2, -0.15) is 4.80 Å². The summed E-state index contributed by atoms with van der Waals surface area (Å²) in [5.74, 6) is 1.83. The highest BCUT2D eigenvalue weighted by Crippen LogP contribution is 2.15. The molecule has 7 heteroatoms. The average Bonchev–Trinajstić information content (AvgIpc) is 3.06. The number of aromatic nitrogens is 5. The molecule has 0 N–H and O–H groups in total. The van der Waals surface area contributed by atoms with Crippen molar-refractivity contribution in [2.75, 3.05) is 0 Å².